The molecule has 5 N–H and O–H groups in total. The van der Waals surface area contributed by atoms with E-state index < -0.39 is 11.2 Å². The number of piperidine rings is 1. The Morgan fingerprint density at radius 3 is 2.39 bits per heavy atom. The Hall–Kier alpha value is -3.82. The summed E-state index contributed by atoms with van der Waals surface area (Å²) in [6.07, 6.45) is 3.26. The van der Waals surface area contributed by atoms with Crippen LogP contribution in [0.5, 0.6) is 0 Å². The van der Waals surface area contributed by atoms with Gasteiger partial charge in [-0.1, -0.05) is 54.6 Å². The van der Waals surface area contributed by atoms with Gasteiger partial charge in [-0.3, -0.25) is 19.1 Å². The molecular weight excluding hydrogens is 480 g/mol. The van der Waals surface area contributed by atoms with E-state index >= 15 is 0 Å². The zero-order valence-corrected chi connectivity index (χ0v) is 22.0. The Kier molecular flexibility index (Phi) is 8.38. The van der Waals surface area contributed by atoms with Crippen molar-refractivity contribution in [2.75, 3.05) is 25.9 Å². The SMILES string of the molecule is CN=C(c1ccc(C(C)N)cc1)c1ncn(CC2(O)CCN(C(=O)CCc3ccccc3)CC2)c(=O)c1N. The normalized spacial score (nSPS) is 16.3. The quantitative estimate of drug-likeness (QED) is 0.393. The third kappa shape index (κ3) is 6.17. The number of rotatable bonds is 8. The van der Waals surface area contributed by atoms with Crippen molar-refractivity contribution >= 4 is 17.3 Å². The third-order valence-corrected chi connectivity index (χ3v) is 7.21. The number of anilines is 1. The summed E-state index contributed by atoms with van der Waals surface area (Å²) < 4.78 is 1.35. The lowest BCUT2D eigenvalue weighted by molar-refractivity contribution is -0.135. The van der Waals surface area contributed by atoms with Crippen molar-refractivity contribution in [3.63, 3.8) is 0 Å². The summed E-state index contributed by atoms with van der Waals surface area (Å²) in [7, 11) is 1.62. The molecule has 1 aliphatic rings. The lowest BCUT2D eigenvalue weighted by Gasteiger charge is -2.38. The van der Waals surface area contributed by atoms with Crippen LogP contribution in [0.2, 0.25) is 0 Å². The van der Waals surface area contributed by atoms with Gasteiger partial charge in [0.1, 0.15) is 11.4 Å². The van der Waals surface area contributed by atoms with E-state index in [0.717, 1.165) is 16.7 Å². The van der Waals surface area contributed by atoms with Gasteiger partial charge in [0.05, 0.1) is 24.2 Å². The fourth-order valence-corrected chi connectivity index (χ4v) is 4.82. The van der Waals surface area contributed by atoms with E-state index in [1.165, 1.54) is 10.9 Å². The van der Waals surface area contributed by atoms with Crippen molar-refractivity contribution in [3.05, 3.63) is 93.7 Å². The number of carbonyl (C=O) groups is 1. The lowest BCUT2D eigenvalue weighted by Crippen LogP contribution is -2.50. The number of hydrogen-bond acceptors (Lipinski definition) is 7. The van der Waals surface area contributed by atoms with Crippen LogP contribution in [0, 0.1) is 0 Å². The highest BCUT2D eigenvalue weighted by molar-refractivity contribution is 6.14. The van der Waals surface area contributed by atoms with Gasteiger partial charge in [-0.2, -0.15) is 0 Å². The average Bonchev–Trinajstić information content (AvgIpc) is 2.93. The first-order valence-electron chi connectivity index (χ1n) is 12.9. The number of aliphatic hydroxyl groups is 1. The maximum Gasteiger partial charge on any atom is 0.277 e. The summed E-state index contributed by atoms with van der Waals surface area (Å²) in [5.41, 5.74) is 14.3. The summed E-state index contributed by atoms with van der Waals surface area (Å²) in [4.78, 5) is 36.4. The van der Waals surface area contributed by atoms with Gasteiger partial charge in [-0.25, -0.2) is 4.98 Å². The monoisotopic (exact) mass is 516 g/mol. The molecule has 1 atom stereocenters. The van der Waals surface area contributed by atoms with Gasteiger partial charge in [0.25, 0.3) is 5.56 Å². The second kappa shape index (κ2) is 11.7. The van der Waals surface area contributed by atoms with Crippen molar-refractivity contribution in [1.29, 1.82) is 0 Å². The van der Waals surface area contributed by atoms with Crippen molar-refractivity contribution in [2.45, 2.75) is 50.8 Å². The molecule has 3 aromatic rings. The van der Waals surface area contributed by atoms with Gasteiger partial charge in [0.15, 0.2) is 0 Å². The van der Waals surface area contributed by atoms with E-state index in [2.05, 4.69) is 9.98 Å². The molecule has 1 saturated heterocycles. The summed E-state index contributed by atoms with van der Waals surface area (Å²) >= 11 is 0. The highest BCUT2D eigenvalue weighted by atomic mass is 16.3. The molecule has 38 heavy (non-hydrogen) atoms. The van der Waals surface area contributed by atoms with Gasteiger partial charge in [-0.05, 0) is 37.3 Å². The van der Waals surface area contributed by atoms with E-state index in [4.69, 9.17) is 11.5 Å². The summed E-state index contributed by atoms with van der Waals surface area (Å²) in [6, 6.07) is 17.4. The van der Waals surface area contributed by atoms with Gasteiger partial charge in [0, 0.05) is 38.2 Å². The van der Waals surface area contributed by atoms with Gasteiger partial charge >= 0.3 is 0 Å². The lowest BCUT2D eigenvalue weighted by atomic mass is 9.91. The molecule has 0 aliphatic carbocycles. The summed E-state index contributed by atoms with van der Waals surface area (Å²) in [5.74, 6) is 0.0728. The molecule has 1 fully saturated rings. The van der Waals surface area contributed by atoms with E-state index in [0.29, 0.717) is 50.2 Å². The predicted octanol–water partition coefficient (Wildman–Crippen LogP) is 2.30. The third-order valence-electron chi connectivity index (χ3n) is 7.21. The van der Waals surface area contributed by atoms with Crippen LogP contribution in [0.1, 0.15) is 54.6 Å². The number of aryl methyl sites for hydroxylation is 1. The minimum absolute atomic E-state index is 0.0264. The van der Waals surface area contributed by atoms with Crippen molar-refractivity contribution in [2.24, 2.45) is 10.7 Å². The van der Waals surface area contributed by atoms with Gasteiger partial charge in [0.2, 0.25) is 5.91 Å². The van der Waals surface area contributed by atoms with E-state index in [1.807, 2.05) is 61.5 Å². The van der Waals surface area contributed by atoms with Crippen LogP contribution < -0.4 is 17.0 Å². The van der Waals surface area contributed by atoms with Crippen LogP contribution in [0.4, 0.5) is 5.69 Å². The van der Waals surface area contributed by atoms with Gasteiger partial charge in [-0.15, -0.1) is 0 Å². The number of carbonyl (C=O) groups excluding carboxylic acids is 1. The number of benzene rings is 2. The molecule has 9 nitrogen and oxygen atoms in total. The number of likely N-dealkylation sites (tertiary alicyclic amines) is 1. The fourth-order valence-electron chi connectivity index (χ4n) is 4.82. The first kappa shape index (κ1) is 27.2. The first-order valence-corrected chi connectivity index (χ1v) is 12.9. The summed E-state index contributed by atoms with van der Waals surface area (Å²) in [6.45, 7) is 2.83. The second-order valence-electron chi connectivity index (χ2n) is 10.0. The Balaban J connectivity index is 1.41. The Morgan fingerprint density at radius 1 is 1.13 bits per heavy atom. The number of aromatic nitrogens is 2. The number of nitrogens with zero attached hydrogens (tertiary/aromatic N) is 4. The molecule has 1 aromatic heterocycles. The molecule has 0 radical (unpaired) electrons. The number of amides is 1. The van der Waals surface area contributed by atoms with Crippen LogP contribution in [0.3, 0.4) is 0 Å². The maximum absolute atomic E-state index is 13.1. The maximum atomic E-state index is 13.1. The second-order valence-corrected chi connectivity index (χ2v) is 10.0. The van der Waals surface area contributed by atoms with E-state index in [1.54, 1.807) is 11.9 Å². The molecule has 2 aromatic carbocycles. The van der Waals surface area contributed by atoms with E-state index in [-0.39, 0.29) is 24.2 Å². The molecule has 4 rings (SSSR count). The molecule has 0 bridgehead atoms. The largest absolute Gasteiger partial charge is 0.392 e. The standard InChI is InChI=1S/C29H36N6O3/c1-20(30)22-9-11-23(12-10-22)26(32-2)27-25(31)28(37)35(19-33-27)18-29(38)14-16-34(17-15-29)24(36)13-8-21-6-4-3-5-7-21/h3-7,9-12,19-20,38H,8,13-18,30-31H2,1-2H3. The fraction of sp³-hybridized carbons (Fsp3) is 0.379. The molecule has 0 spiro atoms. The molecule has 2 heterocycles. The molecule has 200 valence electrons. The number of nitrogens with two attached hydrogens (primary N) is 2. The van der Waals surface area contributed by atoms with Gasteiger partial charge < -0.3 is 21.5 Å². The van der Waals surface area contributed by atoms with Crippen molar-refractivity contribution in [3.8, 4) is 0 Å². The Morgan fingerprint density at radius 2 is 1.79 bits per heavy atom. The Labute approximate surface area is 222 Å². The summed E-state index contributed by atoms with van der Waals surface area (Å²) in [5, 5.41) is 11.2. The average molecular weight is 517 g/mol. The van der Waals surface area contributed by atoms with Crippen molar-refractivity contribution in [1.82, 2.24) is 14.5 Å². The van der Waals surface area contributed by atoms with Crippen LogP contribution in [0.25, 0.3) is 0 Å². The van der Waals surface area contributed by atoms with E-state index in [9.17, 15) is 14.7 Å². The zero-order valence-electron chi connectivity index (χ0n) is 22.0. The number of hydrogen-bond donors (Lipinski definition) is 3. The zero-order chi connectivity index (χ0) is 27.3. The molecule has 1 aliphatic heterocycles. The van der Waals surface area contributed by atoms with Crippen LogP contribution in [-0.4, -0.2) is 56.9 Å². The van der Waals surface area contributed by atoms with Crippen LogP contribution >= 0.6 is 0 Å². The first-order chi connectivity index (χ1) is 18.2. The van der Waals surface area contributed by atoms with Crippen LogP contribution in [0.15, 0.2) is 70.7 Å². The Bertz CT molecular complexity index is 1340. The number of aliphatic imine (C=N–C) groups is 1. The molecule has 1 unspecified atom stereocenters. The highest BCUT2D eigenvalue weighted by Crippen LogP contribution is 2.25. The number of nitrogen functional groups attached to an aromatic ring is 1. The minimum atomic E-state index is -1.13. The smallest absolute Gasteiger partial charge is 0.277 e. The molecule has 0 saturated carbocycles. The minimum Gasteiger partial charge on any atom is -0.392 e. The topological polar surface area (TPSA) is 140 Å². The highest BCUT2D eigenvalue weighted by Gasteiger charge is 2.34. The molecular formula is C29H36N6O3. The molecule has 1 amide bonds. The van der Waals surface area contributed by atoms with Crippen molar-refractivity contribution < 1.29 is 9.90 Å². The predicted molar refractivity (Wildman–Crippen MR) is 149 cm³/mol. The molecule has 9 heteroatoms. The van der Waals surface area contributed by atoms with Crippen LogP contribution in [-0.2, 0) is 17.8 Å².